The van der Waals surface area contributed by atoms with Crippen LogP contribution in [-0.4, -0.2) is 41.7 Å². The lowest BCUT2D eigenvalue weighted by Gasteiger charge is -2.60. The van der Waals surface area contributed by atoms with E-state index in [4.69, 9.17) is 19.4 Å². The monoisotopic (exact) mass is 600 g/mol. The molecule has 228 valence electrons. The zero-order valence-corrected chi connectivity index (χ0v) is 27.1. The fraction of sp³-hybridized carbons (Fsp3) is 0.514. The quantitative estimate of drug-likeness (QED) is 0.233. The molecule has 0 saturated heterocycles. The second-order valence-electron chi connectivity index (χ2n) is 14.0. The molecule has 43 heavy (non-hydrogen) atoms. The standard InChI is InChI=1S/C35H44N4O3S/c1-22-9-7-10-23(2)31(22)29-16-30-37-33(36-29)38-43-28-12-8-11-25(15-28)39(26(21-42-30)13-14-34(3,4)5)27-19-35(20-27)17-24(18-35)32(40)41-6/h7-12,15-16,24,26-27H,13-14,17-21H2,1-6H3,(H,36,37,38). The lowest BCUT2D eigenvalue weighted by Crippen LogP contribution is -2.60. The Morgan fingerprint density at radius 3 is 2.49 bits per heavy atom. The summed E-state index contributed by atoms with van der Waals surface area (Å²) >= 11 is 1.53. The highest BCUT2D eigenvalue weighted by Crippen LogP contribution is 2.60. The number of aromatic nitrogens is 2. The number of esters is 1. The van der Waals surface area contributed by atoms with Gasteiger partial charge in [-0.1, -0.05) is 45.0 Å². The summed E-state index contributed by atoms with van der Waals surface area (Å²) in [4.78, 5) is 25.6. The second kappa shape index (κ2) is 11.7. The number of methoxy groups -OCH3 is 1. The third-order valence-electron chi connectivity index (χ3n) is 9.48. The van der Waals surface area contributed by atoms with E-state index in [0.717, 1.165) is 54.7 Å². The van der Waals surface area contributed by atoms with Gasteiger partial charge in [0, 0.05) is 28.3 Å². The van der Waals surface area contributed by atoms with Gasteiger partial charge >= 0.3 is 5.97 Å². The molecular weight excluding hydrogens is 556 g/mol. The van der Waals surface area contributed by atoms with E-state index in [-0.39, 0.29) is 28.8 Å². The molecule has 4 bridgehead atoms. The van der Waals surface area contributed by atoms with E-state index in [2.05, 4.69) is 86.7 Å². The maximum atomic E-state index is 12.1. The van der Waals surface area contributed by atoms with Crippen molar-refractivity contribution in [2.24, 2.45) is 16.7 Å². The van der Waals surface area contributed by atoms with Crippen LogP contribution in [0.5, 0.6) is 5.88 Å². The molecule has 8 heteroatoms. The van der Waals surface area contributed by atoms with Crippen molar-refractivity contribution in [3.63, 3.8) is 0 Å². The molecule has 3 aromatic rings. The highest BCUT2D eigenvalue weighted by molar-refractivity contribution is 8.00. The molecular formula is C35H44N4O3S. The minimum atomic E-state index is -0.0569. The van der Waals surface area contributed by atoms with Crippen molar-refractivity contribution in [2.75, 3.05) is 23.3 Å². The average molecular weight is 601 g/mol. The molecule has 1 spiro atoms. The maximum absolute atomic E-state index is 12.1. The molecule has 3 aliphatic rings. The first kappa shape index (κ1) is 29.8. The summed E-state index contributed by atoms with van der Waals surface area (Å²) in [5.41, 5.74) is 6.03. The van der Waals surface area contributed by atoms with E-state index < -0.39 is 0 Å². The van der Waals surface area contributed by atoms with Gasteiger partial charge < -0.3 is 14.4 Å². The van der Waals surface area contributed by atoms with Crippen LogP contribution < -0.4 is 14.4 Å². The molecule has 1 aliphatic heterocycles. The number of fused-ring (bicyclic) bond motifs is 4. The minimum Gasteiger partial charge on any atom is -0.475 e. The topological polar surface area (TPSA) is 76.6 Å². The summed E-state index contributed by atoms with van der Waals surface area (Å²) < 4.78 is 15.0. The van der Waals surface area contributed by atoms with Crippen LogP contribution in [0.2, 0.25) is 0 Å². The zero-order valence-electron chi connectivity index (χ0n) is 26.3. The van der Waals surface area contributed by atoms with E-state index in [9.17, 15) is 4.79 Å². The predicted molar refractivity (Wildman–Crippen MR) is 174 cm³/mol. The number of carbonyl (C=O) groups excluding carboxylic acids is 1. The Morgan fingerprint density at radius 2 is 1.79 bits per heavy atom. The van der Waals surface area contributed by atoms with E-state index in [1.54, 1.807) is 0 Å². The first-order valence-corrected chi connectivity index (χ1v) is 16.3. The van der Waals surface area contributed by atoms with Crippen molar-refractivity contribution in [3.05, 3.63) is 59.7 Å². The third-order valence-corrected chi connectivity index (χ3v) is 10.3. The number of aryl methyl sites for hydroxylation is 2. The van der Waals surface area contributed by atoms with Crippen molar-refractivity contribution in [1.82, 2.24) is 9.97 Å². The van der Waals surface area contributed by atoms with Gasteiger partial charge in [0.25, 0.3) is 0 Å². The van der Waals surface area contributed by atoms with Crippen molar-refractivity contribution >= 4 is 29.6 Å². The lowest BCUT2D eigenvalue weighted by molar-refractivity contribution is -0.159. The largest absolute Gasteiger partial charge is 0.475 e. The summed E-state index contributed by atoms with van der Waals surface area (Å²) in [7, 11) is 1.50. The van der Waals surface area contributed by atoms with Crippen LogP contribution in [0, 0.1) is 30.6 Å². The number of benzene rings is 2. The first-order chi connectivity index (χ1) is 20.5. The van der Waals surface area contributed by atoms with Crippen molar-refractivity contribution < 1.29 is 14.3 Å². The van der Waals surface area contributed by atoms with Crippen LogP contribution in [0.25, 0.3) is 11.3 Å². The number of carbonyl (C=O) groups is 1. The number of hydrogen-bond donors (Lipinski definition) is 1. The SMILES string of the molecule is COC(=O)C1CC2(C1)CC(N1c3cccc(c3)SNc3nc(cc(-c4c(C)cccc4C)n3)OCC1CCC(C)(C)C)C2. The fourth-order valence-corrected chi connectivity index (χ4v) is 7.92. The van der Waals surface area contributed by atoms with Crippen LogP contribution >= 0.6 is 11.9 Å². The Kier molecular flexibility index (Phi) is 8.09. The molecule has 1 unspecified atom stereocenters. The number of rotatable bonds is 5. The number of anilines is 2. The maximum Gasteiger partial charge on any atom is 0.308 e. The highest BCUT2D eigenvalue weighted by atomic mass is 32.2. The van der Waals surface area contributed by atoms with Crippen LogP contribution in [0.15, 0.2) is 53.4 Å². The summed E-state index contributed by atoms with van der Waals surface area (Å²) in [6, 6.07) is 17.7. The van der Waals surface area contributed by atoms with Gasteiger partial charge in [-0.05, 0) is 104 Å². The van der Waals surface area contributed by atoms with Gasteiger partial charge in [0.05, 0.1) is 24.8 Å². The summed E-state index contributed by atoms with van der Waals surface area (Å²) in [5, 5.41) is 0. The van der Waals surface area contributed by atoms with E-state index >= 15 is 0 Å². The summed E-state index contributed by atoms with van der Waals surface area (Å²) in [6.07, 6.45) is 6.16. The van der Waals surface area contributed by atoms with Crippen molar-refractivity contribution in [3.8, 4) is 17.1 Å². The molecule has 0 amide bonds. The Labute approximate surface area is 260 Å². The molecule has 6 rings (SSSR count). The lowest BCUT2D eigenvalue weighted by atomic mass is 9.49. The molecule has 2 aliphatic carbocycles. The van der Waals surface area contributed by atoms with E-state index in [0.29, 0.717) is 24.5 Å². The Hall–Kier alpha value is -3.26. The normalized spacial score (nSPS) is 24.9. The molecule has 1 N–H and O–H groups in total. The molecule has 0 radical (unpaired) electrons. The van der Waals surface area contributed by atoms with E-state index in [1.165, 1.54) is 35.9 Å². The number of nitrogens with one attached hydrogen (secondary N) is 1. The smallest absolute Gasteiger partial charge is 0.308 e. The van der Waals surface area contributed by atoms with Crippen LogP contribution in [0.4, 0.5) is 11.6 Å². The zero-order chi connectivity index (χ0) is 30.4. The number of hydrogen-bond acceptors (Lipinski definition) is 8. The number of nitrogens with zero attached hydrogens (tertiary/aromatic N) is 3. The van der Waals surface area contributed by atoms with Crippen molar-refractivity contribution in [2.45, 2.75) is 90.1 Å². The number of ether oxygens (including phenoxy) is 2. The van der Waals surface area contributed by atoms with Crippen LogP contribution in [0.1, 0.15) is 70.4 Å². The Morgan fingerprint density at radius 1 is 1.07 bits per heavy atom. The Balaban J connectivity index is 1.33. The van der Waals surface area contributed by atoms with Gasteiger partial charge in [0.15, 0.2) is 0 Å². The van der Waals surface area contributed by atoms with Gasteiger partial charge in [-0.25, -0.2) is 4.98 Å². The predicted octanol–water partition coefficient (Wildman–Crippen LogP) is 8.01. The molecule has 2 saturated carbocycles. The second-order valence-corrected chi connectivity index (χ2v) is 14.9. The fourth-order valence-electron chi connectivity index (χ4n) is 7.30. The van der Waals surface area contributed by atoms with Gasteiger partial charge in [0.1, 0.15) is 6.61 Å². The minimum absolute atomic E-state index is 0.0566. The summed E-state index contributed by atoms with van der Waals surface area (Å²) in [6.45, 7) is 11.7. The van der Waals surface area contributed by atoms with E-state index in [1.807, 2.05) is 6.07 Å². The highest BCUT2D eigenvalue weighted by Gasteiger charge is 2.57. The molecule has 2 fully saturated rings. The van der Waals surface area contributed by atoms with Gasteiger partial charge in [-0.15, -0.1) is 0 Å². The average Bonchev–Trinajstić information content (AvgIpc) is 2.92. The molecule has 1 atom stereocenters. The van der Waals surface area contributed by atoms with Gasteiger partial charge in [-0.2, -0.15) is 4.98 Å². The summed E-state index contributed by atoms with van der Waals surface area (Å²) in [5.74, 6) is 1.13. The first-order valence-electron chi connectivity index (χ1n) is 15.5. The molecule has 7 nitrogen and oxygen atoms in total. The third kappa shape index (κ3) is 6.35. The van der Waals surface area contributed by atoms with Gasteiger partial charge in [0.2, 0.25) is 11.8 Å². The van der Waals surface area contributed by atoms with Crippen LogP contribution in [0.3, 0.4) is 0 Å². The molecule has 1 aromatic heterocycles. The molecule has 2 aromatic carbocycles. The van der Waals surface area contributed by atoms with Crippen LogP contribution in [-0.2, 0) is 9.53 Å². The molecule has 2 heterocycles. The van der Waals surface area contributed by atoms with Gasteiger partial charge in [-0.3, -0.25) is 9.52 Å². The van der Waals surface area contributed by atoms with Crippen molar-refractivity contribution in [1.29, 1.82) is 0 Å². The Bertz CT molecular complexity index is 1470.